The second kappa shape index (κ2) is 4.64. The van der Waals surface area contributed by atoms with E-state index in [1.807, 2.05) is 11.8 Å². The fourth-order valence-electron chi connectivity index (χ4n) is 2.25. The van der Waals surface area contributed by atoms with E-state index in [2.05, 4.69) is 6.92 Å². The maximum Gasteiger partial charge on any atom is 0.307 e. The number of thiazole rings is 1. The van der Waals surface area contributed by atoms with E-state index >= 15 is 0 Å². The summed E-state index contributed by atoms with van der Waals surface area (Å²) in [6.45, 7) is 4.73. The Labute approximate surface area is 105 Å². The molecule has 1 aromatic rings. The predicted octanol–water partition coefficient (Wildman–Crippen LogP) is 1.77. The van der Waals surface area contributed by atoms with Crippen LogP contribution >= 0.6 is 11.3 Å². The number of aromatic nitrogens is 1. The maximum atomic E-state index is 12.4. The van der Waals surface area contributed by atoms with E-state index in [0.717, 1.165) is 36.4 Å². The summed E-state index contributed by atoms with van der Waals surface area (Å²) in [5.41, 5.74) is 0.780. The van der Waals surface area contributed by atoms with Crippen LogP contribution in [0.3, 0.4) is 0 Å². The Balaban J connectivity index is 2.30. The van der Waals surface area contributed by atoms with Gasteiger partial charge in [0.15, 0.2) is 0 Å². The maximum absolute atomic E-state index is 12.4. The fraction of sp³-hybridized carbons (Fsp3) is 0.667. The van der Waals surface area contributed by atoms with Crippen molar-refractivity contribution in [1.29, 1.82) is 0 Å². The molecule has 0 bridgehead atoms. The molecule has 0 aliphatic carbocycles. The smallest absolute Gasteiger partial charge is 0.307 e. The molecule has 1 fully saturated rings. The average Bonchev–Trinajstić information content (AvgIpc) is 2.57. The molecule has 1 unspecified atom stereocenters. The van der Waals surface area contributed by atoms with Gasteiger partial charge in [-0.1, -0.05) is 11.3 Å². The minimum Gasteiger partial charge on any atom is -0.335 e. The molecule has 0 spiro atoms. The van der Waals surface area contributed by atoms with Gasteiger partial charge in [0.1, 0.15) is 4.88 Å². The Kier molecular flexibility index (Phi) is 3.38. The molecule has 4 nitrogen and oxygen atoms in total. The lowest BCUT2D eigenvalue weighted by molar-refractivity contribution is 0.0639. The first-order chi connectivity index (χ1) is 8.02. The van der Waals surface area contributed by atoms with E-state index in [9.17, 15) is 9.59 Å². The van der Waals surface area contributed by atoms with Crippen LogP contribution in [-0.4, -0.2) is 28.0 Å². The number of nitrogens with zero attached hydrogens (tertiary/aromatic N) is 2. The van der Waals surface area contributed by atoms with Crippen LogP contribution in [0.1, 0.15) is 41.6 Å². The highest BCUT2D eigenvalue weighted by Crippen LogP contribution is 2.21. The summed E-state index contributed by atoms with van der Waals surface area (Å²) >= 11 is 1.06. The van der Waals surface area contributed by atoms with Crippen molar-refractivity contribution >= 4 is 17.2 Å². The lowest BCUT2D eigenvalue weighted by Gasteiger charge is -2.33. The van der Waals surface area contributed by atoms with Crippen molar-refractivity contribution in [2.45, 2.75) is 39.2 Å². The second-order valence-corrected chi connectivity index (χ2v) is 5.65. The summed E-state index contributed by atoms with van der Waals surface area (Å²) in [6, 6.07) is 0.290. The Morgan fingerprint density at radius 2 is 2.12 bits per heavy atom. The van der Waals surface area contributed by atoms with Crippen molar-refractivity contribution in [3.63, 3.8) is 0 Å². The van der Waals surface area contributed by atoms with Gasteiger partial charge in [-0.2, -0.15) is 0 Å². The zero-order chi connectivity index (χ0) is 12.6. The molecule has 1 aliphatic heterocycles. The molecule has 1 amide bonds. The average molecular weight is 254 g/mol. The number of carbonyl (C=O) groups is 1. The Morgan fingerprint density at radius 1 is 1.41 bits per heavy atom. The monoisotopic (exact) mass is 254 g/mol. The zero-order valence-electron chi connectivity index (χ0n) is 10.5. The molecule has 5 heteroatoms. The lowest BCUT2D eigenvalue weighted by atomic mass is 10.0. The number of hydrogen-bond donors (Lipinski definition) is 0. The summed E-state index contributed by atoms with van der Waals surface area (Å²) in [7, 11) is 1.71. The summed E-state index contributed by atoms with van der Waals surface area (Å²) < 4.78 is 1.55. The first kappa shape index (κ1) is 12.4. The standard InChI is InChI=1S/C12H18N2O2S/c1-8-6-4-5-7-14(8)11(15)10-9(2)13(3)12(16)17-10/h8H,4-7H2,1-3H3. The molecule has 0 aromatic carbocycles. The van der Waals surface area contributed by atoms with Gasteiger partial charge in [0.05, 0.1) is 0 Å². The third-order valence-corrected chi connectivity index (χ3v) is 4.68. The highest BCUT2D eigenvalue weighted by molar-refractivity contribution is 7.11. The molecule has 17 heavy (non-hydrogen) atoms. The van der Waals surface area contributed by atoms with Gasteiger partial charge in [-0.05, 0) is 33.1 Å². The van der Waals surface area contributed by atoms with Gasteiger partial charge in [-0.3, -0.25) is 9.59 Å². The summed E-state index contributed by atoms with van der Waals surface area (Å²) in [5.74, 6) is 0.0254. The zero-order valence-corrected chi connectivity index (χ0v) is 11.3. The Hall–Kier alpha value is -1.10. The van der Waals surface area contributed by atoms with Gasteiger partial charge < -0.3 is 9.47 Å². The minimum atomic E-state index is -0.0597. The quantitative estimate of drug-likeness (QED) is 0.766. The molecular weight excluding hydrogens is 236 g/mol. The molecule has 0 saturated carbocycles. The molecule has 1 atom stereocenters. The van der Waals surface area contributed by atoms with E-state index in [0.29, 0.717) is 4.88 Å². The van der Waals surface area contributed by atoms with Crippen molar-refractivity contribution in [1.82, 2.24) is 9.47 Å². The normalized spacial score (nSPS) is 20.6. The van der Waals surface area contributed by atoms with Crippen LogP contribution in [0.5, 0.6) is 0 Å². The van der Waals surface area contributed by atoms with Crippen LogP contribution in [0.4, 0.5) is 0 Å². The van der Waals surface area contributed by atoms with Gasteiger partial charge in [-0.15, -0.1) is 0 Å². The number of carbonyl (C=O) groups excluding carboxylic acids is 1. The lowest BCUT2D eigenvalue weighted by Crippen LogP contribution is -2.42. The molecule has 2 heterocycles. The van der Waals surface area contributed by atoms with Crippen molar-refractivity contribution in [2.75, 3.05) is 6.54 Å². The van der Waals surface area contributed by atoms with E-state index in [-0.39, 0.29) is 16.8 Å². The number of amides is 1. The molecule has 0 radical (unpaired) electrons. The highest BCUT2D eigenvalue weighted by atomic mass is 32.1. The molecule has 2 rings (SSSR count). The minimum absolute atomic E-state index is 0.0254. The van der Waals surface area contributed by atoms with E-state index < -0.39 is 0 Å². The van der Waals surface area contributed by atoms with Crippen LogP contribution in [0, 0.1) is 6.92 Å². The van der Waals surface area contributed by atoms with Gasteiger partial charge in [-0.25, -0.2) is 0 Å². The SMILES string of the molecule is Cc1c(C(=O)N2CCCCC2C)sc(=O)n1C. The Bertz CT molecular complexity index is 489. The second-order valence-electron chi connectivity index (χ2n) is 4.68. The van der Waals surface area contributed by atoms with Gasteiger partial charge in [0.2, 0.25) is 0 Å². The first-order valence-electron chi connectivity index (χ1n) is 5.99. The highest BCUT2D eigenvalue weighted by Gasteiger charge is 2.27. The van der Waals surface area contributed by atoms with Crippen molar-refractivity contribution in [3.8, 4) is 0 Å². The van der Waals surface area contributed by atoms with Crippen LogP contribution in [0.15, 0.2) is 4.79 Å². The number of piperidine rings is 1. The van der Waals surface area contributed by atoms with Crippen LogP contribution in [0.25, 0.3) is 0 Å². The van der Waals surface area contributed by atoms with E-state index in [1.54, 1.807) is 11.6 Å². The van der Waals surface area contributed by atoms with Crippen LogP contribution < -0.4 is 4.87 Å². The molecule has 94 valence electrons. The third kappa shape index (κ3) is 2.16. The van der Waals surface area contributed by atoms with Crippen LogP contribution in [-0.2, 0) is 7.05 Å². The topological polar surface area (TPSA) is 42.3 Å². The van der Waals surface area contributed by atoms with Crippen molar-refractivity contribution in [2.24, 2.45) is 7.05 Å². The van der Waals surface area contributed by atoms with Crippen LogP contribution in [0.2, 0.25) is 0 Å². The summed E-state index contributed by atoms with van der Waals surface area (Å²) in [6.07, 6.45) is 3.32. The van der Waals surface area contributed by atoms with E-state index in [4.69, 9.17) is 0 Å². The third-order valence-electron chi connectivity index (χ3n) is 3.55. The van der Waals surface area contributed by atoms with Gasteiger partial charge in [0, 0.05) is 25.3 Å². The van der Waals surface area contributed by atoms with Gasteiger partial charge >= 0.3 is 4.87 Å². The van der Waals surface area contributed by atoms with Gasteiger partial charge in [0.25, 0.3) is 5.91 Å². The summed E-state index contributed by atoms with van der Waals surface area (Å²) in [4.78, 5) is 26.4. The number of rotatable bonds is 1. The van der Waals surface area contributed by atoms with Crippen molar-refractivity contribution < 1.29 is 4.79 Å². The predicted molar refractivity (Wildman–Crippen MR) is 68.6 cm³/mol. The molecular formula is C12H18N2O2S. The van der Waals surface area contributed by atoms with Crippen molar-refractivity contribution in [3.05, 3.63) is 20.2 Å². The largest absolute Gasteiger partial charge is 0.335 e. The molecule has 1 aliphatic rings. The molecule has 1 aromatic heterocycles. The number of likely N-dealkylation sites (tertiary alicyclic amines) is 1. The number of hydrogen-bond acceptors (Lipinski definition) is 3. The summed E-state index contributed by atoms with van der Waals surface area (Å²) in [5, 5.41) is 0. The molecule has 1 saturated heterocycles. The Morgan fingerprint density at radius 3 is 2.65 bits per heavy atom. The van der Waals surface area contributed by atoms with E-state index in [1.165, 1.54) is 6.42 Å². The fourth-order valence-corrected chi connectivity index (χ4v) is 3.19. The molecule has 0 N–H and O–H groups in total. The first-order valence-corrected chi connectivity index (χ1v) is 6.81.